The number of nitrogens with zero attached hydrogens (tertiary/aromatic N) is 3. The number of aromatic nitrogens is 1. The Morgan fingerprint density at radius 2 is 1.78 bits per heavy atom. The van der Waals surface area contributed by atoms with Gasteiger partial charge in [0.25, 0.3) is 11.8 Å². The molecular weight excluding hydrogens is 519 g/mol. The van der Waals surface area contributed by atoms with Crippen LogP contribution in [0.3, 0.4) is 0 Å². The molecule has 0 radical (unpaired) electrons. The number of fused-ring (bicyclic) bond motifs is 2. The van der Waals surface area contributed by atoms with Gasteiger partial charge in [0.05, 0.1) is 22.1 Å². The number of azo groups is 1. The van der Waals surface area contributed by atoms with Crippen LogP contribution in [0.25, 0.3) is 10.9 Å². The summed E-state index contributed by atoms with van der Waals surface area (Å²) in [5, 5.41) is 22.5. The maximum Gasteiger partial charge on any atom is 0.283 e. The Hall–Kier alpha value is -4.08. The van der Waals surface area contributed by atoms with Crippen molar-refractivity contribution in [1.82, 2.24) is 9.88 Å². The van der Waals surface area contributed by atoms with E-state index in [0.29, 0.717) is 32.4 Å². The number of carbonyl (C=O) groups is 2. The fourth-order valence-corrected chi connectivity index (χ4v) is 4.24. The number of ether oxygens (including phenoxy) is 2. The third-order valence-corrected chi connectivity index (χ3v) is 6.46. The molecule has 1 atom stereocenters. The van der Waals surface area contributed by atoms with Gasteiger partial charge >= 0.3 is 0 Å². The molecule has 0 unspecified atom stereocenters. The molecule has 0 fully saturated rings. The Balaban J connectivity index is 1.28. The number of nitrogens with one attached hydrogen (secondary N) is 1. The number of benzene rings is 3. The van der Waals surface area contributed by atoms with Gasteiger partial charge in [-0.25, -0.2) is 0 Å². The number of rotatable bonds is 6. The number of aromatic hydroxyl groups is 1. The van der Waals surface area contributed by atoms with Crippen molar-refractivity contribution in [2.45, 2.75) is 12.6 Å². The lowest BCUT2D eigenvalue weighted by Crippen LogP contribution is -2.45. The topological polar surface area (TPSA) is 115 Å². The van der Waals surface area contributed by atoms with Crippen LogP contribution in [0.1, 0.15) is 5.56 Å². The zero-order chi connectivity index (χ0) is 25.9. The molecule has 188 valence electrons. The number of hydrogen-bond acceptors (Lipinski definition) is 6. The summed E-state index contributed by atoms with van der Waals surface area (Å²) < 4.78 is 12.8. The van der Waals surface area contributed by atoms with Gasteiger partial charge < -0.3 is 24.5 Å². The van der Waals surface area contributed by atoms with Crippen LogP contribution in [0.2, 0.25) is 10.0 Å². The Morgan fingerprint density at radius 1 is 1.03 bits per heavy atom. The fraction of sp³-hybridized carbons (Fsp3) is 0.154. The summed E-state index contributed by atoms with van der Waals surface area (Å²) in [5.74, 6) is -0.383. The molecule has 1 aromatic heterocycles. The van der Waals surface area contributed by atoms with Gasteiger partial charge in [0.2, 0.25) is 12.0 Å². The molecule has 37 heavy (non-hydrogen) atoms. The molecule has 9 nitrogen and oxygen atoms in total. The number of hydrogen-bond donors (Lipinski definition) is 2. The largest absolute Gasteiger partial charge is 0.493 e. The van der Waals surface area contributed by atoms with E-state index in [9.17, 15) is 14.7 Å². The average Bonchev–Trinajstić information content (AvgIpc) is 3.18. The summed E-state index contributed by atoms with van der Waals surface area (Å²) in [6.45, 7) is -0.0906. The van der Waals surface area contributed by atoms with Gasteiger partial charge in [-0.05, 0) is 35.9 Å². The van der Waals surface area contributed by atoms with Crippen LogP contribution in [0, 0.1) is 0 Å². The first-order chi connectivity index (χ1) is 17.9. The van der Waals surface area contributed by atoms with Gasteiger partial charge in [0.1, 0.15) is 13.2 Å². The summed E-state index contributed by atoms with van der Waals surface area (Å²) in [7, 11) is 0. The summed E-state index contributed by atoms with van der Waals surface area (Å²) in [4.78, 5) is 24.8. The second kappa shape index (κ2) is 10.5. The highest BCUT2D eigenvalue weighted by atomic mass is 35.5. The van der Waals surface area contributed by atoms with E-state index in [2.05, 4.69) is 15.5 Å². The van der Waals surface area contributed by atoms with Crippen molar-refractivity contribution in [2.75, 3.05) is 13.2 Å². The van der Waals surface area contributed by atoms with E-state index in [4.69, 9.17) is 32.7 Å². The van der Waals surface area contributed by atoms with Crippen LogP contribution in [0.4, 0.5) is 5.69 Å². The van der Waals surface area contributed by atoms with Crippen molar-refractivity contribution in [3.05, 3.63) is 82.3 Å². The molecule has 0 saturated carbocycles. The molecule has 1 aliphatic rings. The normalized spacial score (nSPS) is 14.7. The van der Waals surface area contributed by atoms with E-state index in [1.165, 1.54) is 0 Å². The lowest BCUT2D eigenvalue weighted by molar-refractivity contribution is -0.132. The number of carbonyl (C=O) groups excluding carboxylic acids is 2. The van der Waals surface area contributed by atoms with Crippen LogP contribution >= 0.6 is 23.2 Å². The van der Waals surface area contributed by atoms with Gasteiger partial charge in [-0.3, -0.25) is 9.59 Å². The van der Waals surface area contributed by atoms with Gasteiger partial charge in [-0.15, -0.1) is 10.2 Å². The number of amides is 2. The van der Waals surface area contributed by atoms with Crippen molar-refractivity contribution >= 4 is 51.6 Å². The van der Waals surface area contributed by atoms with E-state index in [1.54, 1.807) is 59.2 Å². The van der Waals surface area contributed by atoms with E-state index in [-0.39, 0.29) is 24.7 Å². The maximum absolute atomic E-state index is 12.4. The standard InChI is InChI=1S/C26H20Cl2N4O5/c27-17-10-9-15(11-18(17)28)13-32-19-6-2-1-5-16(19)24(26(32)35)31-30-23(33)12-29-25(34)22-14-36-20-7-3-4-8-21(20)37-22/h1-11,22,35H,12-14H2,(H,29,34)/t22-/m0/s1. The lowest BCUT2D eigenvalue weighted by atomic mass is 10.2. The van der Waals surface area contributed by atoms with E-state index < -0.39 is 24.5 Å². The van der Waals surface area contributed by atoms with Gasteiger partial charge in [-0.1, -0.05) is 59.6 Å². The maximum atomic E-state index is 12.4. The minimum Gasteiger partial charge on any atom is -0.493 e. The van der Waals surface area contributed by atoms with Crippen LogP contribution in [-0.4, -0.2) is 40.7 Å². The molecule has 1 aliphatic heterocycles. The van der Waals surface area contributed by atoms with Crippen molar-refractivity contribution in [1.29, 1.82) is 0 Å². The molecule has 2 N–H and O–H groups in total. The van der Waals surface area contributed by atoms with Crippen LogP contribution in [0.15, 0.2) is 77.0 Å². The molecule has 5 rings (SSSR count). The molecule has 0 bridgehead atoms. The third kappa shape index (κ3) is 5.23. The van der Waals surface area contributed by atoms with Crippen LogP contribution in [-0.2, 0) is 16.1 Å². The molecule has 0 spiro atoms. The van der Waals surface area contributed by atoms with Crippen molar-refractivity contribution in [3.63, 3.8) is 0 Å². The molecule has 0 saturated heterocycles. The van der Waals surface area contributed by atoms with Crippen molar-refractivity contribution in [2.24, 2.45) is 10.2 Å². The molecule has 11 heteroatoms. The first kappa shape index (κ1) is 24.6. The van der Waals surface area contributed by atoms with E-state index >= 15 is 0 Å². The summed E-state index contributed by atoms with van der Waals surface area (Å²) in [6, 6.07) is 19.4. The molecule has 2 heterocycles. The lowest BCUT2D eigenvalue weighted by Gasteiger charge is -2.25. The Morgan fingerprint density at radius 3 is 2.59 bits per heavy atom. The van der Waals surface area contributed by atoms with E-state index in [0.717, 1.165) is 5.56 Å². The second-order valence-corrected chi connectivity index (χ2v) is 9.01. The zero-order valence-electron chi connectivity index (χ0n) is 19.2. The predicted molar refractivity (Wildman–Crippen MR) is 138 cm³/mol. The van der Waals surface area contributed by atoms with Gasteiger partial charge in [0.15, 0.2) is 17.2 Å². The Kier molecular flexibility index (Phi) is 6.98. The monoisotopic (exact) mass is 538 g/mol. The first-order valence-corrected chi connectivity index (χ1v) is 12.0. The van der Waals surface area contributed by atoms with Crippen molar-refractivity contribution in [3.8, 4) is 17.4 Å². The molecule has 2 amide bonds. The quantitative estimate of drug-likeness (QED) is 0.324. The van der Waals surface area contributed by atoms with Gasteiger partial charge in [-0.2, -0.15) is 0 Å². The minimum atomic E-state index is -0.900. The summed E-state index contributed by atoms with van der Waals surface area (Å²) in [5.41, 5.74) is 1.63. The van der Waals surface area contributed by atoms with Gasteiger partial charge in [0, 0.05) is 5.39 Å². The van der Waals surface area contributed by atoms with Crippen molar-refractivity contribution < 1.29 is 24.2 Å². The Labute approximate surface area is 221 Å². The Bertz CT molecular complexity index is 1530. The van der Waals surface area contributed by atoms with Crippen LogP contribution < -0.4 is 14.8 Å². The van der Waals surface area contributed by atoms with Crippen LogP contribution in [0.5, 0.6) is 17.4 Å². The summed E-state index contributed by atoms with van der Waals surface area (Å²) >= 11 is 12.1. The molecular formula is C26H20Cl2N4O5. The highest BCUT2D eigenvalue weighted by Crippen LogP contribution is 2.39. The number of para-hydroxylation sites is 3. The fourth-order valence-electron chi connectivity index (χ4n) is 3.92. The SMILES string of the molecule is O=C(CNC(=O)[C@@H]1COc2ccccc2O1)N=Nc1c(O)n(Cc2ccc(Cl)c(Cl)c2)c2ccccc12. The predicted octanol–water partition coefficient (Wildman–Crippen LogP) is 5.27. The summed E-state index contributed by atoms with van der Waals surface area (Å²) in [6.07, 6.45) is -0.900. The number of halogens is 2. The average molecular weight is 539 g/mol. The second-order valence-electron chi connectivity index (χ2n) is 8.20. The zero-order valence-corrected chi connectivity index (χ0v) is 20.7. The highest BCUT2D eigenvalue weighted by Gasteiger charge is 2.27. The smallest absolute Gasteiger partial charge is 0.283 e. The molecule has 4 aromatic rings. The van der Waals surface area contributed by atoms with E-state index in [1.807, 2.05) is 12.1 Å². The third-order valence-electron chi connectivity index (χ3n) is 5.72. The highest BCUT2D eigenvalue weighted by molar-refractivity contribution is 6.42. The molecule has 3 aromatic carbocycles. The minimum absolute atomic E-state index is 0.0186. The molecule has 0 aliphatic carbocycles. The first-order valence-electron chi connectivity index (χ1n) is 11.3.